The number of carbonyl (C=O) groups excluding carboxylic acids is 1. The first-order valence-electron chi connectivity index (χ1n) is 8.01. The van der Waals surface area contributed by atoms with Gasteiger partial charge in [-0.1, -0.05) is 6.92 Å². The van der Waals surface area contributed by atoms with Crippen LogP contribution in [0.1, 0.15) is 40.0 Å². The molecule has 0 spiro atoms. The zero-order chi connectivity index (χ0) is 15.5. The van der Waals surface area contributed by atoms with E-state index in [4.69, 9.17) is 4.74 Å². The van der Waals surface area contributed by atoms with Crippen molar-refractivity contribution in [1.29, 1.82) is 0 Å². The zero-order valence-corrected chi connectivity index (χ0v) is 17.1. The Labute approximate surface area is 156 Å². The quantitative estimate of drug-likeness (QED) is 0.216. The third-order valence-corrected chi connectivity index (χ3v) is 4.71. The minimum atomic E-state index is -0.127. The van der Waals surface area contributed by atoms with Crippen molar-refractivity contribution in [3.05, 3.63) is 0 Å². The molecule has 0 aromatic carbocycles. The summed E-state index contributed by atoms with van der Waals surface area (Å²) in [5.41, 5.74) is 0. The lowest BCUT2D eigenvalue weighted by atomic mass is 10.3. The van der Waals surface area contributed by atoms with E-state index in [-0.39, 0.29) is 29.9 Å². The van der Waals surface area contributed by atoms with Gasteiger partial charge in [0.05, 0.1) is 6.61 Å². The summed E-state index contributed by atoms with van der Waals surface area (Å²) in [5.74, 6) is 2.02. The standard InChI is InChI=1S/C15H29N3O2S.HI/c1-4-13-12-18(10-11-21-13)15(16-5-2)17-9-7-8-14(19)20-6-3;/h13H,4-12H2,1-3H3,(H,16,17);1H. The molecule has 1 aliphatic rings. The number of nitrogens with zero attached hydrogens (tertiary/aromatic N) is 2. The molecule has 1 fully saturated rings. The van der Waals surface area contributed by atoms with Gasteiger partial charge in [0.2, 0.25) is 0 Å². The third-order valence-electron chi connectivity index (χ3n) is 3.33. The van der Waals surface area contributed by atoms with Crippen LogP contribution in [0.15, 0.2) is 4.99 Å². The van der Waals surface area contributed by atoms with Crippen LogP contribution in [0.2, 0.25) is 0 Å². The van der Waals surface area contributed by atoms with E-state index in [0.717, 1.165) is 37.8 Å². The van der Waals surface area contributed by atoms with Crippen LogP contribution < -0.4 is 5.32 Å². The van der Waals surface area contributed by atoms with Gasteiger partial charge in [-0.15, -0.1) is 24.0 Å². The van der Waals surface area contributed by atoms with Gasteiger partial charge in [0.25, 0.3) is 0 Å². The van der Waals surface area contributed by atoms with Crippen molar-refractivity contribution >= 4 is 47.7 Å². The van der Waals surface area contributed by atoms with Crippen LogP contribution in [-0.2, 0) is 9.53 Å². The summed E-state index contributed by atoms with van der Waals surface area (Å²) in [7, 11) is 0. The fourth-order valence-electron chi connectivity index (χ4n) is 2.23. The van der Waals surface area contributed by atoms with E-state index in [9.17, 15) is 4.79 Å². The number of nitrogens with one attached hydrogen (secondary N) is 1. The second-order valence-corrected chi connectivity index (χ2v) is 6.40. The van der Waals surface area contributed by atoms with E-state index in [1.165, 1.54) is 6.42 Å². The minimum absolute atomic E-state index is 0. The second kappa shape index (κ2) is 13.3. The van der Waals surface area contributed by atoms with Crippen molar-refractivity contribution in [2.24, 2.45) is 4.99 Å². The molecule has 130 valence electrons. The molecule has 0 radical (unpaired) electrons. The Balaban J connectivity index is 0.00000441. The Morgan fingerprint density at radius 2 is 2.18 bits per heavy atom. The monoisotopic (exact) mass is 443 g/mol. The second-order valence-electron chi connectivity index (χ2n) is 4.99. The Hall–Kier alpha value is -0.180. The van der Waals surface area contributed by atoms with Crippen molar-refractivity contribution in [2.75, 3.05) is 38.5 Å². The highest BCUT2D eigenvalue weighted by Crippen LogP contribution is 2.21. The highest BCUT2D eigenvalue weighted by molar-refractivity contribution is 14.0. The molecule has 1 heterocycles. The smallest absolute Gasteiger partial charge is 0.305 e. The lowest BCUT2D eigenvalue weighted by Crippen LogP contribution is -2.48. The van der Waals surface area contributed by atoms with Crippen LogP contribution in [-0.4, -0.2) is 60.6 Å². The first-order valence-corrected chi connectivity index (χ1v) is 9.06. The number of aliphatic imine (C=N–C) groups is 1. The largest absolute Gasteiger partial charge is 0.466 e. The van der Waals surface area contributed by atoms with E-state index in [1.54, 1.807) is 0 Å². The Kier molecular flexibility index (Phi) is 13.2. The molecule has 5 nitrogen and oxygen atoms in total. The zero-order valence-electron chi connectivity index (χ0n) is 14.0. The number of carbonyl (C=O) groups is 1. The average molecular weight is 443 g/mol. The van der Waals surface area contributed by atoms with Crippen molar-refractivity contribution in [3.63, 3.8) is 0 Å². The highest BCUT2D eigenvalue weighted by atomic mass is 127. The van der Waals surface area contributed by atoms with Gasteiger partial charge in [-0.25, -0.2) is 0 Å². The maximum Gasteiger partial charge on any atom is 0.305 e. The van der Waals surface area contributed by atoms with Crippen LogP contribution >= 0.6 is 35.7 Å². The molecule has 1 saturated heterocycles. The summed E-state index contributed by atoms with van der Waals surface area (Å²) in [5, 5.41) is 4.06. The molecule has 0 aliphatic carbocycles. The SMILES string of the molecule is CCNC(=NCCCC(=O)OCC)N1CCSC(CC)C1.I. The minimum Gasteiger partial charge on any atom is -0.466 e. The molecule has 0 saturated carbocycles. The van der Waals surface area contributed by atoms with Crippen LogP contribution in [0.25, 0.3) is 0 Å². The molecule has 1 rings (SSSR count). The van der Waals surface area contributed by atoms with Gasteiger partial charge in [0, 0.05) is 43.6 Å². The summed E-state index contributed by atoms with van der Waals surface area (Å²) < 4.78 is 4.93. The molecule has 0 amide bonds. The number of hydrogen-bond donors (Lipinski definition) is 1. The lowest BCUT2D eigenvalue weighted by Gasteiger charge is -2.34. The Morgan fingerprint density at radius 1 is 1.41 bits per heavy atom. The van der Waals surface area contributed by atoms with E-state index in [0.29, 0.717) is 24.8 Å². The Morgan fingerprint density at radius 3 is 2.82 bits per heavy atom. The van der Waals surface area contributed by atoms with Crippen LogP contribution in [0.4, 0.5) is 0 Å². The van der Waals surface area contributed by atoms with Crippen molar-refractivity contribution in [3.8, 4) is 0 Å². The normalized spacial score (nSPS) is 18.6. The molecule has 1 atom stereocenters. The van der Waals surface area contributed by atoms with Crippen molar-refractivity contribution in [2.45, 2.75) is 45.3 Å². The van der Waals surface area contributed by atoms with Crippen molar-refractivity contribution < 1.29 is 9.53 Å². The first-order chi connectivity index (χ1) is 10.2. The van der Waals surface area contributed by atoms with E-state index in [2.05, 4.69) is 40.8 Å². The van der Waals surface area contributed by atoms with Gasteiger partial charge in [0.15, 0.2) is 5.96 Å². The average Bonchev–Trinajstić information content (AvgIpc) is 2.50. The predicted molar refractivity (Wildman–Crippen MR) is 105 cm³/mol. The maximum absolute atomic E-state index is 11.3. The highest BCUT2D eigenvalue weighted by Gasteiger charge is 2.21. The number of esters is 1. The summed E-state index contributed by atoms with van der Waals surface area (Å²) >= 11 is 2.05. The van der Waals surface area contributed by atoms with Crippen LogP contribution in [0.3, 0.4) is 0 Å². The number of ether oxygens (including phenoxy) is 1. The molecular formula is C15H30IN3O2S. The summed E-state index contributed by atoms with van der Waals surface area (Å²) in [4.78, 5) is 18.3. The molecule has 7 heteroatoms. The van der Waals surface area contributed by atoms with E-state index < -0.39 is 0 Å². The maximum atomic E-state index is 11.3. The fourth-order valence-corrected chi connectivity index (χ4v) is 3.41. The molecule has 22 heavy (non-hydrogen) atoms. The van der Waals surface area contributed by atoms with Gasteiger partial charge in [-0.05, 0) is 26.7 Å². The van der Waals surface area contributed by atoms with Crippen LogP contribution in [0, 0.1) is 0 Å². The van der Waals surface area contributed by atoms with Crippen molar-refractivity contribution in [1.82, 2.24) is 10.2 Å². The fraction of sp³-hybridized carbons (Fsp3) is 0.867. The van der Waals surface area contributed by atoms with E-state index in [1.807, 2.05) is 6.92 Å². The molecule has 1 aliphatic heterocycles. The molecule has 1 N–H and O–H groups in total. The number of thioether (sulfide) groups is 1. The number of halogens is 1. The number of guanidine groups is 1. The first kappa shape index (κ1) is 21.8. The molecule has 1 unspecified atom stereocenters. The molecule has 0 aromatic heterocycles. The lowest BCUT2D eigenvalue weighted by molar-refractivity contribution is -0.143. The molecule has 0 bridgehead atoms. The van der Waals surface area contributed by atoms with E-state index >= 15 is 0 Å². The summed E-state index contributed by atoms with van der Waals surface area (Å²) in [6, 6.07) is 0. The predicted octanol–water partition coefficient (Wildman–Crippen LogP) is 2.74. The summed E-state index contributed by atoms with van der Waals surface area (Å²) in [6.45, 7) is 10.3. The van der Waals surface area contributed by atoms with Gasteiger partial charge >= 0.3 is 5.97 Å². The van der Waals surface area contributed by atoms with Crippen LogP contribution in [0.5, 0.6) is 0 Å². The van der Waals surface area contributed by atoms with Gasteiger partial charge in [0.1, 0.15) is 0 Å². The summed E-state index contributed by atoms with van der Waals surface area (Å²) in [6.07, 6.45) is 2.39. The van der Waals surface area contributed by atoms with Gasteiger partial charge < -0.3 is 15.0 Å². The number of hydrogen-bond acceptors (Lipinski definition) is 4. The molecule has 0 aromatic rings. The number of rotatable bonds is 7. The topological polar surface area (TPSA) is 53.9 Å². The Bertz CT molecular complexity index is 343. The third kappa shape index (κ3) is 8.45. The van der Waals surface area contributed by atoms with Gasteiger partial charge in [-0.3, -0.25) is 9.79 Å². The molecular weight excluding hydrogens is 413 g/mol. The van der Waals surface area contributed by atoms with Gasteiger partial charge in [-0.2, -0.15) is 11.8 Å².